The van der Waals surface area contributed by atoms with E-state index in [1.165, 1.54) is 5.56 Å². The Hall–Kier alpha value is -2.60. The van der Waals surface area contributed by atoms with Crippen LogP contribution in [-0.2, 0) is 12.8 Å². The third kappa shape index (κ3) is 5.69. The molecule has 0 aliphatic rings. The monoisotopic (exact) mass is 384 g/mol. The van der Waals surface area contributed by atoms with Crippen LogP contribution in [0.25, 0.3) is 5.65 Å². The lowest BCUT2D eigenvalue weighted by atomic mass is 10.1. The number of hydrogen-bond donors (Lipinski definition) is 2. The van der Waals surface area contributed by atoms with Gasteiger partial charge in [-0.1, -0.05) is 29.8 Å². The van der Waals surface area contributed by atoms with Crippen LogP contribution in [0.1, 0.15) is 24.7 Å². The summed E-state index contributed by atoms with van der Waals surface area (Å²) in [4.78, 5) is 4.65. The molecule has 7 heteroatoms. The van der Waals surface area contributed by atoms with Crippen LogP contribution in [0.5, 0.6) is 0 Å². The summed E-state index contributed by atoms with van der Waals surface area (Å²) in [6, 6.07) is 13.9. The molecule has 27 heavy (non-hydrogen) atoms. The molecule has 0 amide bonds. The Kier molecular flexibility index (Phi) is 7.04. The second kappa shape index (κ2) is 9.92. The Morgan fingerprint density at radius 1 is 1.07 bits per heavy atom. The number of nitrogens with one attached hydrogen (secondary N) is 2. The predicted octanol–water partition coefficient (Wildman–Crippen LogP) is 3.11. The minimum atomic E-state index is 0.734. The summed E-state index contributed by atoms with van der Waals surface area (Å²) in [6.45, 7) is 4.46. The molecule has 2 heterocycles. The van der Waals surface area contributed by atoms with Gasteiger partial charge in [0.1, 0.15) is 5.82 Å². The van der Waals surface area contributed by atoms with Gasteiger partial charge < -0.3 is 10.6 Å². The number of nitrogens with zero attached hydrogens (tertiary/aromatic N) is 4. The standard InChI is InChI=1S/C20H25ClN6/c1-2-22-20(24-14-12-16-8-10-17(21)11-9-16)23-13-5-7-19-26-25-18-6-3-4-15-27(18)19/h3-4,6,8-11,15H,2,5,7,12-14H2,1H3,(H2,22,23,24). The van der Waals surface area contributed by atoms with Crippen LogP contribution in [0.3, 0.4) is 0 Å². The van der Waals surface area contributed by atoms with Gasteiger partial charge >= 0.3 is 0 Å². The fourth-order valence-corrected chi connectivity index (χ4v) is 2.93. The molecule has 0 unspecified atom stereocenters. The third-order valence-corrected chi connectivity index (χ3v) is 4.43. The van der Waals surface area contributed by atoms with Gasteiger partial charge in [0.15, 0.2) is 11.6 Å². The molecule has 0 aliphatic heterocycles. The van der Waals surface area contributed by atoms with E-state index < -0.39 is 0 Å². The van der Waals surface area contributed by atoms with Crippen LogP contribution in [-0.4, -0.2) is 40.2 Å². The first-order valence-corrected chi connectivity index (χ1v) is 9.69. The maximum atomic E-state index is 5.92. The van der Waals surface area contributed by atoms with Crippen molar-refractivity contribution in [1.82, 2.24) is 25.2 Å². The Balaban J connectivity index is 1.46. The Labute approximate surface area is 164 Å². The number of benzene rings is 1. The van der Waals surface area contributed by atoms with E-state index in [1.807, 2.05) is 40.9 Å². The fourth-order valence-electron chi connectivity index (χ4n) is 2.81. The molecule has 3 aromatic rings. The SMILES string of the molecule is CCNC(=NCCCc1nnc2ccccn12)NCCc1ccc(Cl)cc1. The minimum absolute atomic E-state index is 0.734. The zero-order chi connectivity index (χ0) is 18.9. The predicted molar refractivity (Wildman–Crippen MR) is 110 cm³/mol. The van der Waals surface area contributed by atoms with Crippen molar-refractivity contribution in [3.63, 3.8) is 0 Å². The van der Waals surface area contributed by atoms with Crippen molar-refractivity contribution in [2.24, 2.45) is 4.99 Å². The quantitative estimate of drug-likeness (QED) is 0.356. The molecule has 6 nitrogen and oxygen atoms in total. The van der Waals surface area contributed by atoms with E-state index in [2.05, 4.69) is 44.9 Å². The highest BCUT2D eigenvalue weighted by Crippen LogP contribution is 2.09. The van der Waals surface area contributed by atoms with Gasteiger partial charge in [0, 0.05) is 37.3 Å². The zero-order valence-electron chi connectivity index (χ0n) is 15.5. The van der Waals surface area contributed by atoms with Crippen LogP contribution >= 0.6 is 11.6 Å². The van der Waals surface area contributed by atoms with Gasteiger partial charge in [0.2, 0.25) is 0 Å². The van der Waals surface area contributed by atoms with E-state index in [0.717, 1.165) is 61.4 Å². The highest BCUT2D eigenvalue weighted by Gasteiger charge is 2.04. The van der Waals surface area contributed by atoms with Crippen molar-refractivity contribution in [2.75, 3.05) is 19.6 Å². The Morgan fingerprint density at radius 2 is 1.93 bits per heavy atom. The van der Waals surface area contributed by atoms with Gasteiger partial charge in [0.25, 0.3) is 0 Å². The third-order valence-electron chi connectivity index (χ3n) is 4.18. The molecule has 0 saturated carbocycles. The van der Waals surface area contributed by atoms with Gasteiger partial charge in [-0.15, -0.1) is 10.2 Å². The first-order valence-electron chi connectivity index (χ1n) is 9.31. The topological polar surface area (TPSA) is 66.6 Å². The Bertz CT molecular complexity index is 872. The zero-order valence-corrected chi connectivity index (χ0v) is 16.3. The first kappa shape index (κ1) is 19.2. The summed E-state index contributed by atoms with van der Waals surface area (Å²) in [6.07, 6.45) is 4.69. The molecule has 2 N–H and O–H groups in total. The maximum absolute atomic E-state index is 5.92. The number of guanidine groups is 1. The van der Waals surface area contributed by atoms with Crippen molar-refractivity contribution < 1.29 is 0 Å². The minimum Gasteiger partial charge on any atom is -0.357 e. The number of pyridine rings is 1. The van der Waals surface area contributed by atoms with Crippen molar-refractivity contribution in [1.29, 1.82) is 0 Å². The molecule has 2 aromatic heterocycles. The summed E-state index contributed by atoms with van der Waals surface area (Å²) in [5, 5.41) is 15.9. The lowest BCUT2D eigenvalue weighted by Gasteiger charge is -2.11. The molecule has 0 aliphatic carbocycles. The summed E-state index contributed by atoms with van der Waals surface area (Å²) < 4.78 is 2.03. The van der Waals surface area contributed by atoms with Crippen molar-refractivity contribution in [3.8, 4) is 0 Å². The average molecular weight is 385 g/mol. The summed E-state index contributed by atoms with van der Waals surface area (Å²) >= 11 is 5.92. The van der Waals surface area contributed by atoms with Gasteiger partial charge in [-0.3, -0.25) is 9.39 Å². The Morgan fingerprint density at radius 3 is 2.74 bits per heavy atom. The van der Waals surface area contributed by atoms with E-state index in [9.17, 15) is 0 Å². The molecule has 0 atom stereocenters. The summed E-state index contributed by atoms with van der Waals surface area (Å²) in [5.74, 6) is 1.82. The largest absolute Gasteiger partial charge is 0.357 e. The highest BCUT2D eigenvalue weighted by atomic mass is 35.5. The number of hydrogen-bond acceptors (Lipinski definition) is 3. The second-order valence-corrected chi connectivity index (χ2v) is 6.65. The average Bonchev–Trinajstić information content (AvgIpc) is 3.10. The number of aryl methyl sites for hydroxylation is 1. The van der Waals surface area contributed by atoms with E-state index in [0.29, 0.717) is 0 Å². The fraction of sp³-hybridized carbons (Fsp3) is 0.350. The molecule has 142 valence electrons. The molecular weight excluding hydrogens is 360 g/mol. The molecule has 0 radical (unpaired) electrons. The number of fused-ring (bicyclic) bond motifs is 1. The number of halogens is 1. The first-order chi connectivity index (χ1) is 13.3. The lowest BCUT2D eigenvalue weighted by molar-refractivity contribution is 0.750. The lowest BCUT2D eigenvalue weighted by Crippen LogP contribution is -2.38. The highest BCUT2D eigenvalue weighted by molar-refractivity contribution is 6.30. The van der Waals surface area contributed by atoms with E-state index in [4.69, 9.17) is 11.6 Å². The maximum Gasteiger partial charge on any atom is 0.191 e. The summed E-state index contributed by atoms with van der Waals surface area (Å²) in [5.41, 5.74) is 2.13. The van der Waals surface area contributed by atoms with Crippen molar-refractivity contribution >= 4 is 23.2 Å². The normalized spacial score (nSPS) is 11.7. The van der Waals surface area contributed by atoms with Gasteiger partial charge in [-0.25, -0.2) is 0 Å². The van der Waals surface area contributed by atoms with Gasteiger partial charge in [-0.2, -0.15) is 0 Å². The van der Waals surface area contributed by atoms with Crippen LogP contribution in [0.4, 0.5) is 0 Å². The molecule has 0 saturated heterocycles. The van der Waals surface area contributed by atoms with E-state index in [1.54, 1.807) is 0 Å². The number of aliphatic imine (C=N–C) groups is 1. The van der Waals surface area contributed by atoms with Crippen LogP contribution < -0.4 is 10.6 Å². The van der Waals surface area contributed by atoms with Crippen LogP contribution in [0.2, 0.25) is 5.02 Å². The van der Waals surface area contributed by atoms with Crippen LogP contribution in [0, 0.1) is 0 Å². The summed E-state index contributed by atoms with van der Waals surface area (Å²) in [7, 11) is 0. The molecule has 3 rings (SSSR count). The molecule has 0 fully saturated rings. The smallest absolute Gasteiger partial charge is 0.191 e. The van der Waals surface area contributed by atoms with Gasteiger partial charge in [-0.05, 0) is 49.6 Å². The van der Waals surface area contributed by atoms with E-state index in [-0.39, 0.29) is 0 Å². The van der Waals surface area contributed by atoms with Crippen LogP contribution in [0.15, 0.2) is 53.7 Å². The molecule has 0 bridgehead atoms. The number of aromatic nitrogens is 3. The van der Waals surface area contributed by atoms with Gasteiger partial charge in [0.05, 0.1) is 0 Å². The second-order valence-electron chi connectivity index (χ2n) is 6.21. The number of rotatable bonds is 8. The molecule has 1 aromatic carbocycles. The van der Waals surface area contributed by atoms with E-state index >= 15 is 0 Å². The molecule has 0 spiro atoms. The van der Waals surface area contributed by atoms with Crippen molar-refractivity contribution in [3.05, 3.63) is 65.1 Å². The van der Waals surface area contributed by atoms with Crippen molar-refractivity contribution in [2.45, 2.75) is 26.2 Å². The molecular formula is C20H25ClN6.